The van der Waals surface area contributed by atoms with Crippen LogP contribution in [0, 0.1) is 40.4 Å². The molecule has 1 aromatic rings. The Balaban J connectivity index is 1.32. The fraction of sp³-hybridized carbons (Fsp3) is 0.808. The smallest absolute Gasteiger partial charge is 0.269 e. The number of ketones is 1. The predicted molar refractivity (Wildman–Crippen MR) is 122 cm³/mol. The SMILES string of the molecule is C[C@@]1(O)CC[C@@]2(C)[C@H](CC[C@@H]3[C@@H]2CC[C@]2(C)[C@@H](C(=O)Cn4ccc(C(N)=O)n4)CC[C@@H]32)C1. The Bertz CT molecular complexity index is 923. The van der Waals surface area contributed by atoms with E-state index in [1.54, 1.807) is 16.9 Å². The van der Waals surface area contributed by atoms with E-state index in [4.69, 9.17) is 5.73 Å². The maximum absolute atomic E-state index is 13.4. The van der Waals surface area contributed by atoms with Crippen molar-refractivity contribution in [1.82, 2.24) is 9.78 Å². The third kappa shape index (κ3) is 3.36. The van der Waals surface area contributed by atoms with Crippen LogP contribution in [0.4, 0.5) is 0 Å². The number of carbonyl (C=O) groups excluding carboxylic acids is 2. The maximum atomic E-state index is 13.4. The van der Waals surface area contributed by atoms with E-state index in [0.29, 0.717) is 23.2 Å². The van der Waals surface area contributed by atoms with Gasteiger partial charge in [-0.15, -0.1) is 0 Å². The number of nitrogens with two attached hydrogens (primary N) is 1. The van der Waals surface area contributed by atoms with Gasteiger partial charge in [0.1, 0.15) is 5.69 Å². The predicted octanol–water partition coefficient (Wildman–Crippen LogP) is 3.96. The fourth-order valence-corrected chi connectivity index (χ4v) is 8.81. The molecule has 5 rings (SSSR count). The third-order valence-electron chi connectivity index (χ3n) is 10.6. The van der Waals surface area contributed by atoms with Crippen LogP contribution in [0.25, 0.3) is 0 Å². The monoisotopic (exact) mass is 441 g/mol. The van der Waals surface area contributed by atoms with Crippen LogP contribution in [0.1, 0.15) is 89.0 Å². The molecule has 6 nitrogen and oxygen atoms in total. The number of primary amides is 1. The van der Waals surface area contributed by atoms with Crippen LogP contribution in [0.5, 0.6) is 0 Å². The molecular weight excluding hydrogens is 402 g/mol. The van der Waals surface area contributed by atoms with Gasteiger partial charge >= 0.3 is 0 Å². The standard InChI is InChI=1S/C26H39N3O3/c1-24(32)11-12-25(2)16(14-24)4-5-17-18-6-7-20(26(18,3)10-8-19(17)25)22(30)15-29-13-9-21(28-29)23(27)31/h9,13,16-20,32H,4-8,10-12,14-15H2,1-3H3,(H2,27,31)/t16-,17+,18+,19+,20-,24-,25+,26+/m1/s1. The lowest BCUT2D eigenvalue weighted by atomic mass is 9.44. The summed E-state index contributed by atoms with van der Waals surface area (Å²) in [5.41, 5.74) is 5.44. The summed E-state index contributed by atoms with van der Waals surface area (Å²) in [6.07, 6.45) is 11.6. The molecule has 0 spiro atoms. The van der Waals surface area contributed by atoms with Crippen molar-refractivity contribution in [3.05, 3.63) is 18.0 Å². The summed E-state index contributed by atoms with van der Waals surface area (Å²) in [4.78, 5) is 24.7. The first-order valence-electron chi connectivity index (χ1n) is 12.6. The summed E-state index contributed by atoms with van der Waals surface area (Å²) < 4.78 is 1.57. The number of hydrogen-bond donors (Lipinski definition) is 2. The van der Waals surface area contributed by atoms with Crippen molar-refractivity contribution in [2.45, 2.75) is 90.7 Å². The highest BCUT2D eigenvalue weighted by atomic mass is 16.3. The van der Waals surface area contributed by atoms with Gasteiger partial charge in [0.05, 0.1) is 12.1 Å². The van der Waals surface area contributed by atoms with E-state index in [1.807, 2.05) is 6.92 Å². The van der Waals surface area contributed by atoms with Gasteiger partial charge in [0.15, 0.2) is 5.78 Å². The van der Waals surface area contributed by atoms with Gasteiger partial charge in [0.2, 0.25) is 0 Å². The lowest BCUT2D eigenvalue weighted by Crippen LogP contribution is -2.55. The van der Waals surface area contributed by atoms with Gasteiger partial charge in [-0.3, -0.25) is 14.3 Å². The van der Waals surface area contributed by atoms with Crippen molar-refractivity contribution in [1.29, 1.82) is 0 Å². The van der Waals surface area contributed by atoms with E-state index in [2.05, 4.69) is 18.9 Å². The fourth-order valence-electron chi connectivity index (χ4n) is 8.81. The van der Waals surface area contributed by atoms with Gasteiger partial charge in [-0.05, 0) is 105 Å². The van der Waals surface area contributed by atoms with Gasteiger partial charge in [-0.2, -0.15) is 5.10 Å². The van der Waals surface area contributed by atoms with Gasteiger partial charge in [0, 0.05) is 12.1 Å². The lowest BCUT2D eigenvalue weighted by Gasteiger charge is -2.61. The molecule has 0 aromatic carbocycles. The number of rotatable bonds is 4. The number of fused-ring (bicyclic) bond motifs is 5. The van der Waals surface area contributed by atoms with Crippen LogP contribution < -0.4 is 5.73 Å². The molecule has 4 saturated carbocycles. The van der Waals surface area contributed by atoms with Crippen LogP contribution in [-0.2, 0) is 11.3 Å². The number of Topliss-reactive ketones (excluding diaryl/α,β-unsaturated/α-hetero) is 1. The Kier molecular flexibility index (Phi) is 5.12. The molecule has 6 heteroatoms. The highest BCUT2D eigenvalue weighted by Crippen LogP contribution is 2.68. The summed E-state index contributed by atoms with van der Waals surface area (Å²) in [6.45, 7) is 7.14. The van der Waals surface area contributed by atoms with Crippen LogP contribution in [-0.4, -0.2) is 32.2 Å². The zero-order valence-corrected chi connectivity index (χ0v) is 19.8. The number of nitrogens with zero attached hydrogens (tertiary/aromatic N) is 2. The van der Waals surface area contributed by atoms with E-state index >= 15 is 0 Å². The minimum Gasteiger partial charge on any atom is -0.390 e. The molecule has 1 amide bonds. The van der Waals surface area contributed by atoms with Crippen LogP contribution in [0.3, 0.4) is 0 Å². The van der Waals surface area contributed by atoms with E-state index in [1.165, 1.54) is 19.3 Å². The first-order chi connectivity index (χ1) is 15.0. The maximum Gasteiger partial charge on any atom is 0.269 e. The molecule has 0 aliphatic heterocycles. The molecule has 0 radical (unpaired) electrons. The molecule has 0 bridgehead atoms. The Morgan fingerprint density at radius 3 is 2.53 bits per heavy atom. The molecular formula is C26H39N3O3. The number of aliphatic hydroxyl groups is 1. The average Bonchev–Trinajstić information content (AvgIpc) is 3.32. The van der Waals surface area contributed by atoms with E-state index in [9.17, 15) is 14.7 Å². The number of amides is 1. The third-order valence-corrected chi connectivity index (χ3v) is 10.6. The molecule has 3 N–H and O–H groups in total. The van der Waals surface area contributed by atoms with Crippen molar-refractivity contribution in [2.24, 2.45) is 46.2 Å². The summed E-state index contributed by atoms with van der Waals surface area (Å²) in [6, 6.07) is 1.58. The molecule has 4 fully saturated rings. The second-order valence-electron chi connectivity index (χ2n) is 12.3. The highest BCUT2D eigenvalue weighted by molar-refractivity contribution is 5.90. The Morgan fingerprint density at radius 2 is 1.81 bits per heavy atom. The number of hydrogen-bond acceptors (Lipinski definition) is 4. The summed E-state index contributed by atoms with van der Waals surface area (Å²) in [5.74, 6) is 2.46. The van der Waals surface area contributed by atoms with Gasteiger partial charge in [-0.25, -0.2) is 0 Å². The molecule has 1 aromatic heterocycles. The Labute approximate surface area is 191 Å². The quantitative estimate of drug-likeness (QED) is 0.739. The number of aromatic nitrogens is 2. The molecule has 176 valence electrons. The summed E-state index contributed by atoms with van der Waals surface area (Å²) >= 11 is 0. The van der Waals surface area contributed by atoms with Crippen LogP contribution >= 0.6 is 0 Å². The van der Waals surface area contributed by atoms with Crippen molar-refractivity contribution in [3.8, 4) is 0 Å². The molecule has 1 heterocycles. The van der Waals surface area contributed by atoms with Crippen LogP contribution in [0.2, 0.25) is 0 Å². The van der Waals surface area contributed by atoms with E-state index in [-0.39, 0.29) is 29.4 Å². The van der Waals surface area contributed by atoms with Crippen molar-refractivity contribution < 1.29 is 14.7 Å². The van der Waals surface area contributed by atoms with Crippen molar-refractivity contribution in [3.63, 3.8) is 0 Å². The topological polar surface area (TPSA) is 98.2 Å². The largest absolute Gasteiger partial charge is 0.390 e. The first-order valence-corrected chi connectivity index (χ1v) is 12.6. The molecule has 4 aliphatic rings. The van der Waals surface area contributed by atoms with Crippen molar-refractivity contribution in [2.75, 3.05) is 0 Å². The van der Waals surface area contributed by atoms with Crippen LogP contribution in [0.15, 0.2) is 12.3 Å². The Morgan fingerprint density at radius 1 is 1.06 bits per heavy atom. The molecule has 32 heavy (non-hydrogen) atoms. The second-order valence-corrected chi connectivity index (χ2v) is 12.3. The lowest BCUT2D eigenvalue weighted by molar-refractivity contribution is -0.151. The van der Waals surface area contributed by atoms with Gasteiger partial charge in [0.25, 0.3) is 5.91 Å². The normalized spacial score (nSPS) is 45.6. The summed E-state index contributed by atoms with van der Waals surface area (Å²) in [5, 5.41) is 14.9. The van der Waals surface area contributed by atoms with Gasteiger partial charge in [-0.1, -0.05) is 13.8 Å². The molecule has 0 saturated heterocycles. The number of carbonyl (C=O) groups is 2. The summed E-state index contributed by atoms with van der Waals surface area (Å²) in [7, 11) is 0. The molecule has 0 unspecified atom stereocenters. The van der Waals surface area contributed by atoms with E-state index < -0.39 is 11.5 Å². The zero-order valence-electron chi connectivity index (χ0n) is 19.8. The first kappa shape index (κ1) is 22.1. The minimum atomic E-state index is -0.560. The Hall–Kier alpha value is -1.69. The zero-order chi connectivity index (χ0) is 22.9. The van der Waals surface area contributed by atoms with Crippen molar-refractivity contribution >= 4 is 11.7 Å². The second kappa shape index (κ2) is 7.41. The minimum absolute atomic E-state index is 0.0707. The molecule has 8 atom stereocenters. The van der Waals surface area contributed by atoms with E-state index in [0.717, 1.165) is 44.4 Å². The highest BCUT2D eigenvalue weighted by Gasteiger charge is 2.61. The molecule has 4 aliphatic carbocycles. The average molecular weight is 442 g/mol. The van der Waals surface area contributed by atoms with Gasteiger partial charge < -0.3 is 10.8 Å².